The van der Waals surface area contributed by atoms with Gasteiger partial charge in [0, 0.05) is 24.7 Å². The second-order valence-corrected chi connectivity index (χ2v) is 9.45. The van der Waals surface area contributed by atoms with Crippen LogP contribution in [0.15, 0.2) is 48.7 Å². The molecule has 2 heterocycles. The summed E-state index contributed by atoms with van der Waals surface area (Å²) in [4.78, 5) is 20.3. The molecule has 0 unspecified atom stereocenters. The monoisotopic (exact) mass is 449 g/mol. The fourth-order valence-corrected chi connectivity index (χ4v) is 5.48. The van der Waals surface area contributed by atoms with E-state index in [4.69, 9.17) is 0 Å². The van der Waals surface area contributed by atoms with Gasteiger partial charge < -0.3 is 5.32 Å². The van der Waals surface area contributed by atoms with E-state index < -0.39 is 17.0 Å². The number of rotatable bonds is 5. The molecule has 1 aliphatic carbocycles. The molecule has 1 aromatic heterocycles. The first kappa shape index (κ1) is 22.0. The molecule has 0 saturated heterocycles. The second kappa shape index (κ2) is 9.18. The molecule has 1 N–H and O–H groups in total. The summed E-state index contributed by atoms with van der Waals surface area (Å²) in [5.41, 5.74) is 2.62. The summed E-state index contributed by atoms with van der Waals surface area (Å²) < 4.78 is 27.7. The zero-order chi connectivity index (χ0) is 22.8. The molecule has 2 aromatic carbocycles. The van der Waals surface area contributed by atoms with Crippen LogP contribution < -0.4 is 5.32 Å². The summed E-state index contributed by atoms with van der Waals surface area (Å²) >= 11 is 0. The largest absolute Gasteiger partial charge is 0.325 e. The molecular weight excluding hydrogens is 420 g/mol. The number of carbonyl (C=O) groups is 1. The van der Waals surface area contributed by atoms with Crippen LogP contribution in [0.2, 0.25) is 0 Å². The van der Waals surface area contributed by atoms with E-state index in [1.165, 1.54) is 6.07 Å². The van der Waals surface area contributed by atoms with Gasteiger partial charge in [-0.3, -0.25) is 14.7 Å². The highest BCUT2D eigenvalue weighted by molar-refractivity contribution is 6.03. The third-order valence-electron chi connectivity index (χ3n) is 7.46. The average molecular weight is 450 g/mol. The number of hydrogen-bond donors (Lipinski definition) is 1. The normalized spacial score (nSPS) is 18.1. The molecule has 0 atom stereocenters. The first-order valence-electron chi connectivity index (χ1n) is 11.9. The van der Waals surface area contributed by atoms with Crippen molar-refractivity contribution < 1.29 is 13.6 Å². The van der Waals surface area contributed by atoms with E-state index in [1.54, 1.807) is 12.3 Å². The number of nitrogens with zero attached hydrogens (tertiary/aromatic N) is 2. The van der Waals surface area contributed by atoms with Crippen LogP contribution in [0.3, 0.4) is 0 Å². The van der Waals surface area contributed by atoms with Crippen LogP contribution in [-0.4, -0.2) is 28.9 Å². The smallest absolute Gasteiger partial charge is 0.230 e. The van der Waals surface area contributed by atoms with Crippen LogP contribution in [0.4, 0.5) is 14.5 Å². The van der Waals surface area contributed by atoms with Crippen molar-refractivity contribution in [3.05, 3.63) is 71.4 Å². The van der Waals surface area contributed by atoms with E-state index in [1.807, 2.05) is 30.3 Å². The van der Waals surface area contributed by atoms with Gasteiger partial charge in [-0.1, -0.05) is 43.5 Å². The summed E-state index contributed by atoms with van der Waals surface area (Å²) in [5, 5.41) is 4.17. The summed E-state index contributed by atoms with van der Waals surface area (Å²) in [5.74, 6) is -1.40. The SMILES string of the molecule is O=C(Nc1ccnc2ccccc12)C1(CCN2CCc3c(ccc(F)c3F)C2)CCCCC1. The number of amides is 1. The highest BCUT2D eigenvalue weighted by Gasteiger charge is 2.40. The number of para-hydroxylation sites is 1. The van der Waals surface area contributed by atoms with Gasteiger partial charge in [-0.2, -0.15) is 0 Å². The fraction of sp³-hybridized carbons (Fsp3) is 0.407. The van der Waals surface area contributed by atoms with Gasteiger partial charge in [0.1, 0.15) is 0 Å². The highest BCUT2D eigenvalue weighted by Crippen LogP contribution is 2.41. The number of benzene rings is 2. The van der Waals surface area contributed by atoms with Crippen LogP contribution >= 0.6 is 0 Å². The van der Waals surface area contributed by atoms with E-state index in [-0.39, 0.29) is 5.91 Å². The number of hydrogen-bond acceptors (Lipinski definition) is 3. The summed E-state index contributed by atoms with van der Waals surface area (Å²) in [6, 6.07) is 12.6. The molecule has 4 nitrogen and oxygen atoms in total. The van der Waals surface area contributed by atoms with Crippen molar-refractivity contribution in [3.8, 4) is 0 Å². The number of nitrogens with one attached hydrogen (secondary N) is 1. The first-order valence-corrected chi connectivity index (χ1v) is 11.9. The number of aromatic nitrogens is 1. The van der Waals surface area contributed by atoms with E-state index >= 15 is 0 Å². The maximum atomic E-state index is 14.1. The molecule has 1 amide bonds. The Balaban J connectivity index is 1.32. The van der Waals surface area contributed by atoms with Gasteiger partial charge in [-0.25, -0.2) is 8.78 Å². The highest BCUT2D eigenvalue weighted by atomic mass is 19.2. The first-order chi connectivity index (χ1) is 16.1. The Morgan fingerprint density at radius 2 is 1.88 bits per heavy atom. The Hall–Kier alpha value is -2.86. The van der Waals surface area contributed by atoms with Gasteiger partial charge in [0.2, 0.25) is 5.91 Å². The molecule has 1 saturated carbocycles. The van der Waals surface area contributed by atoms with Crippen molar-refractivity contribution >= 4 is 22.5 Å². The zero-order valence-corrected chi connectivity index (χ0v) is 18.7. The standard InChI is InChI=1S/C27H29F2N3O/c28-22-9-8-19-18-32(16-11-20(19)25(22)29)17-14-27(12-4-1-5-13-27)26(33)31-24-10-15-30-23-7-3-2-6-21(23)24/h2-3,6-10,15H,1,4-5,11-14,16-18H2,(H,30,31,33). The summed E-state index contributed by atoms with van der Waals surface area (Å²) in [6.45, 7) is 2.04. The molecule has 0 radical (unpaired) electrons. The Morgan fingerprint density at radius 3 is 2.73 bits per heavy atom. The van der Waals surface area contributed by atoms with Crippen molar-refractivity contribution in [1.82, 2.24) is 9.88 Å². The molecule has 1 fully saturated rings. The third kappa shape index (κ3) is 4.36. The minimum atomic E-state index is -0.774. The maximum absolute atomic E-state index is 14.1. The van der Waals surface area contributed by atoms with Gasteiger partial charge in [-0.15, -0.1) is 0 Å². The van der Waals surface area contributed by atoms with Crippen molar-refractivity contribution in [3.63, 3.8) is 0 Å². The molecule has 6 heteroatoms. The molecule has 1 aliphatic heterocycles. The van der Waals surface area contributed by atoms with E-state index in [0.717, 1.165) is 67.2 Å². The van der Waals surface area contributed by atoms with Gasteiger partial charge in [0.25, 0.3) is 0 Å². The van der Waals surface area contributed by atoms with Crippen LogP contribution in [0.25, 0.3) is 10.9 Å². The lowest BCUT2D eigenvalue weighted by Gasteiger charge is -2.38. The maximum Gasteiger partial charge on any atom is 0.230 e. The van der Waals surface area contributed by atoms with Crippen LogP contribution in [-0.2, 0) is 17.8 Å². The van der Waals surface area contributed by atoms with Crippen molar-refractivity contribution in [2.75, 3.05) is 18.4 Å². The van der Waals surface area contributed by atoms with Gasteiger partial charge in [0.15, 0.2) is 11.6 Å². The third-order valence-corrected chi connectivity index (χ3v) is 7.46. The van der Waals surface area contributed by atoms with Crippen molar-refractivity contribution in [2.24, 2.45) is 5.41 Å². The number of anilines is 1. The molecular formula is C27H29F2N3O. The molecule has 5 rings (SSSR count). The van der Waals surface area contributed by atoms with Gasteiger partial charge in [-0.05, 0) is 61.6 Å². The Kier molecular flexibility index (Phi) is 6.11. The Bertz CT molecular complexity index is 1170. The average Bonchev–Trinajstić information content (AvgIpc) is 2.86. The number of halogens is 2. The summed E-state index contributed by atoms with van der Waals surface area (Å²) in [6.07, 6.45) is 8.03. The topological polar surface area (TPSA) is 45.2 Å². The zero-order valence-electron chi connectivity index (χ0n) is 18.7. The number of carbonyl (C=O) groups excluding carboxylic acids is 1. The predicted molar refractivity (Wildman–Crippen MR) is 126 cm³/mol. The van der Waals surface area contributed by atoms with E-state index in [2.05, 4.69) is 15.2 Å². The lowest BCUT2D eigenvalue weighted by Crippen LogP contribution is -2.42. The van der Waals surface area contributed by atoms with Crippen molar-refractivity contribution in [2.45, 2.75) is 51.5 Å². The van der Waals surface area contributed by atoms with Crippen LogP contribution in [0, 0.1) is 17.0 Å². The van der Waals surface area contributed by atoms with Gasteiger partial charge in [0.05, 0.1) is 16.6 Å². The molecule has 0 spiro atoms. The minimum absolute atomic E-state index is 0.0871. The lowest BCUT2D eigenvalue weighted by atomic mass is 9.71. The quantitative estimate of drug-likeness (QED) is 0.531. The van der Waals surface area contributed by atoms with Gasteiger partial charge >= 0.3 is 0 Å². The molecule has 172 valence electrons. The van der Waals surface area contributed by atoms with Crippen LogP contribution in [0.5, 0.6) is 0 Å². The van der Waals surface area contributed by atoms with E-state index in [9.17, 15) is 13.6 Å². The Labute approximate surface area is 193 Å². The molecule has 3 aromatic rings. The molecule has 33 heavy (non-hydrogen) atoms. The van der Waals surface area contributed by atoms with E-state index in [0.29, 0.717) is 25.1 Å². The summed E-state index contributed by atoms with van der Waals surface area (Å²) in [7, 11) is 0. The molecule has 2 aliphatic rings. The number of pyridine rings is 1. The molecule has 0 bridgehead atoms. The predicted octanol–water partition coefficient (Wildman–Crippen LogP) is 5.85. The minimum Gasteiger partial charge on any atom is -0.325 e. The number of fused-ring (bicyclic) bond motifs is 2. The Morgan fingerprint density at radius 1 is 1.06 bits per heavy atom. The van der Waals surface area contributed by atoms with Crippen molar-refractivity contribution in [1.29, 1.82) is 0 Å². The van der Waals surface area contributed by atoms with Crippen LogP contribution in [0.1, 0.15) is 49.7 Å². The second-order valence-electron chi connectivity index (χ2n) is 9.45. The lowest BCUT2D eigenvalue weighted by molar-refractivity contribution is -0.128. The fourth-order valence-electron chi connectivity index (χ4n) is 5.48.